The van der Waals surface area contributed by atoms with Crippen molar-refractivity contribution in [2.75, 3.05) is 0 Å². The van der Waals surface area contributed by atoms with E-state index in [1.165, 1.54) is 13.0 Å². The molecule has 0 N–H and O–H groups in total. The van der Waals surface area contributed by atoms with E-state index >= 15 is 0 Å². The van der Waals surface area contributed by atoms with Gasteiger partial charge in [0.2, 0.25) is 0 Å². The van der Waals surface area contributed by atoms with Gasteiger partial charge in [0.25, 0.3) is 0 Å². The summed E-state index contributed by atoms with van der Waals surface area (Å²) < 4.78 is 4.73. The zero-order valence-electron chi connectivity index (χ0n) is 6.79. The number of rotatable bonds is 4. The minimum Gasteiger partial charge on any atom is -0.458 e. The number of Topliss-reactive ketones (excluding diaryl/α,β-unsaturated/α-hetero) is 1. The summed E-state index contributed by atoms with van der Waals surface area (Å²) in [4.78, 5) is 21.1. The average molecular weight is 156 g/mol. The largest absolute Gasteiger partial charge is 0.458 e. The summed E-state index contributed by atoms with van der Waals surface area (Å²) in [6, 6.07) is 0. The smallest absolute Gasteiger partial charge is 0.313 e. The van der Waals surface area contributed by atoms with Crippen LogP contribution < -0.4 is 0 Å². The fourth-order valence-electron chi connectivity index (χ4n) is 0.500. The topological polar surface area (TPSA) is 43.4 Å². The number of ketones is 1. The van der Waals surface area contributed by atoms with E-state index in [0.29, 0.717) is 0 Å². The summed E-state index contributed by atoms with van der Waals surface area (Å²) in [5.41, 5.74) is 0. The van der Waals surface area contributed by atoms with Gasteiger partial charge in [0, 0.05) is 0 Å². The standard InChI is InChI=1S/C8H12O3/c1-4-7(3)11-8(10)5-6(2)9/h4,7H,1,5H2,2-3H3/t7-/m0/s1. The van der Waals surface area contributed by atoms with E-state index in [1.807, 2.05) is 0 Å². The highest BCUT2D eigenvalue weighted by Crippen LogP contribution is 1.95. The third-order valence-corrected chi connectivity index (χ3v) is 1.04. The quantitative estimate of drug-likeness (QED) is 0.347. The summed E-state index contributed by atoms with van der Waals surface area (Å²) in [6.45, 7) is 6.46. The van der Waals surface area contributed by atoms with E-state index in [9.17, 15) is 9.59 Å². The van der Waals surface area contributed by atoms with Crippen LogP contribution in [0.5, 0.6) is 0 Å². The molecule has 0 aliphatic heterocycles. The van der Waals surface area contributed by atoms with Gasteiger partial charge in [0.1, 0.15) is 18.3 Å². The molecule has 3 nitrogen and oxygen atoms in total. The summed E-state index contributed by atoms with van der Waals surface area (Å²) in [5.74, 6) is -0.684. The molecule has 0 aliphatic carbocycles. The molecular formula is C8H12O3. The van der Waals surface area contributed by atoms with E-state index < -0.39 is 5.97 Å². The maximum atomic E-state index is 10.7. The summed E-state index contributed by atoms with van der Waals surface area (Å²) in [7, 11) is 0. The lowest BCUT2D eigenvalue weighted by Crippen LogP contribution is -2.14. The van der Waals surface area contributed by atoms with Crippen molar-refractivity contribution >= 4 is 11.8 Å². The van der Waals surface area contributed by atoms with Crippen molar-refractivity contribution in [3.63, 3.8) is 0 Å². The van der Waals surface area contributed by atoms with Crippen LogP contribution >= 0.6 is 0 Å². The molecule has 0 aliphatic rings. The van der Waals surface area contributed by atoms with Crippen molar-refractivity contribution in [3.05, 3.63) is 12.7 Å². The molecule has 11 heavy (non-hydrogen) atoms. The van der Waals surface area contributed by atoms with Crippen LogP contribution in [0.25, 0.3) is 0 Å². The van der Waals surface area contributed by atoms with Crippen molar-refractivity contribution in [2.24, 2.45) is 0 Å². The van der Waals surface area contributed by atoms with Crippen LogP contribution in [0, 0.1) is 0 Å². The number of carbonyl (C=O) groups is 2. The van der Waals surface area contributed by atoms with E-state index in [-0.39, 0.29) is 18.3 Å². The molecule has 0 unspecified atom stereocenters. The van der Waals surface area contributed by atoms with E-state index in [1.54, 1.807) is 6.92 Å². The Hall–Kier alpha value is -1.12. The molecular weight excluding hydrogens is 144 g/mol. The van der Waals surface area contributed by atoms with Crippen molar-refractivity contribution in [1.29, 1.82) is 0 Å². The number of ether oxygens (including phenoxy) is 1. The molecule has 0 amide bonds. The summed E-state index contributed by atoms with van der Waals surface area (Å²) >= 11 is 0. The van der Waals surface area contributed by atoms with Gasteiger partial charge < -0.3 is 4.74 Å². The number of hydrogen-bond acceptors (Lipinski definition) is 3. The van der Waals surface area contributed by atoms with E-state index in [0.717, 1.165) is 0 Å². The van der Waals surface area contributed by atoms with Crippen LogP contribution in [0.2, 0.25) is 0 Å². The molecule has 62 valence electrons. The summed E-state index contributed by atoms with van der Waals surface area (Å²) in [5, 5.41) is 0. The van der Waals surface area contributed by atoms with Crippen LogP contribution in [0.15, 0.2) is 12.7 Å². The number of carbonyl (C=O) groups excluding carboxylic acids is 2. The highest BCUT2D eigenvalue weighted by molar-refractivity contribution is 5.94. The van der Waals surface area contributed by atoms with Gasteiger partial charge in [-0.1, -0.05) is 12.7 Å². The Balaban J connectivity index is 3.69. The van der Waals surface area contributed by atoms with Crippen molar-refractivity contribution in [2.45, 2.75) is 26.4 Å². The Morgan fingerprint density at radius 3 is 2.55 bits per heavy atom. The van der Waals surface area contributed by atoms with Gasteiger partial charge in [0.05, 0.1) is 0 Å². The molecule has 0 aromatic heterocycles. The molecule has 0 spiro atoms. The van der Waals surface area contributed by atoms with Crippen molar-refractivity contribution in [3.8, 4) is 0 Å². The van der Waals surface area contributed by atoms with Crippen LogP contribution in [0.1, 0.15) is 20.3 Å². The molecule has 0 fully saturated rings. The number of esters is 1. The van der Waals surface area contributed by atoms with Gasteiger partial charge in [-0.3, -0.25) is 9.59 Å². The second-order valence-corrected chi connectivity index (χ2v) is 2.31. The Kier molecular flexibility index (Phi) is 4.18. The first-order valence-corrected chi connectivity index (χ1v) is 3.37. The lowest BCUT2D eigenvalue weighted by Gasteiger charge is -2.06. The van der Waals surface area contributed by atoms with Gasteiger partial charge in [-0.05, 0) is 13.8 Å². The molecule has 0 aromatic carbocycles. The highest BCUT2D eigenvalue weighted by Gasteiger charge is 2.08. The van der Waals surface area contributed by atoms with Crippen LogP contribution in [-0.4, -0.2) is 17.9 Å². The fourth-order valence-corrected chi connectivity index (χ4v) is 0.500. The highest BCUT2D eigenvalue weighted by atomic mass is 16.5. The van der Waals surface area contributed by atoms with Gasteiger partial charge in [-0.15, -0.1) is 0 Å². The Labute approximate surface area is 66.0 Å². The van der Waals surface area contributed by atoms with Gasteiger partial charge in [-0.25, -0.2) is 0 Å². The Bertz CT molecular complexity index is 172. The van der Waals surface area contributed by atoms with Crippen molar-refractivity contribution in [1.82, 2.24) is 0 Å². The summed E-state index contributed by atoms with van der Waals surface area (Å²) in [6.07, 6.45) is 1.03. The first-order valence-electron chi connectivity index (χ1n) is 3.37. The normalized spacial score (nSPS) is 11.8. The molecule has 0 aromatic rings. The Morgan fingerprint density at radius 1 is 1.64 bits per heavy atom. The minimum absolute atomic E-state index is 0.155. The van der Waals surface area contributed by atoms with Crippen LogP contribution in [0.4, 0.5) is 0 Å². The fraction of sp³-hybridized carbons (Fsp3) is 0.500. The zero-order valence-corrected chi connectivity index (χ0v) is 6.79. The lowest BCUT2D eigenvalue weighted by molar-refractivity contribution is -0.147. The van der Waals surface area contributed by atoms with Gasteiger partial charge in [0.15, 0.2) is 0 Å². The molecule has 0 saturated heterocycles. The lowest BCUT2D eigenvalue weighted by atomic mass is 10.3. The molecule has 3 heteroatoms. The van der Waals surface area contributed by atoms with Gasteiger partial charge in [-0.2, -0.15) is 0 Å². The average Bonchev–Trinajstić information content (AvgIpc) is 1.85. The van der Waals surface area contributed by atoms with Gasteiger partial charge >= 0.3 is 5.97 Å². The second-order valence-electron chi connectivity index (χ2n) is 2.31. The minimum atomic E-state index is -0.495. The molecule has 1 atom stereocenters. The van der Waals surface area contributed by atoms with Crippen LogP contribution in [0.3, 0.4) is 0 Å². The first-order chi connectivity index (χ1) is 5.06. The zero-order chi connectivity index (χ0) is 8.85. The molecule has 0 heterocycles. The van der Waals surface area contributed by atoms with Crippen molar-refractivity contribution < 1.29 is 14.3 Å². The third kappa shape index (κ3) is 5.33. The third-order valence-electron chi connectivity index (χ3n) is 1.04. The second kappa shape index (κ2) is 4.66. The maximum Gasteiger partial charge on any atom is 0.313 e. The number of hydrogen-bond donors (Lipinski definition) is 0. The Morgan fingerprint density at radius 2 is 2.18 bits per heavy atom. The van der Waals surface area contributed by atoms with E-state index in [2.05, 4.69) is 6.58 Å². The molecule has 0 radical (unpaired) electrons. The van der Waals surface area contributed by atoms with E-state index in [4.69, 9.17) is 4.74 Å². The maximum absolute atomic E-state index is 10.7. The predicted octanol–water partition coefficient (Wildman–Crippen LogP) is 1.08. The molecule has 0 saturated carbocycles. The monoisotopic (exact) mass is 156 g/mol. The van der Waals surface area contributed by atoms with Crippen LogP contribution in [-0.2, 0) is 14.3 Å². The first kappa shape index (κ1) is 9.88. The predicted molar refractivity (Wildman–Crippen MR) is 41.0 cm³/mol. The molecule has 0 rings (SSSR count). The SMILES string of the molecule is C=C[C@H](C)OC(=O)CC(C)=O. The molecule has 0 bridgehead atoms.